The van der Waals surface area contributed by atoms with Crippen LogP contribution in [0.15, 0.2) is 30.3 Å². The fourth-order valence-corrected chi connectivity index (χ4v) is 4.67. The number of carbonyl (C=O) groups is 1. The molecule has 30 heavy (non-hydrogen) atoms. The van der Waals surface area contributed by atoms with Gasteiger partial charge in [0.25, 0.3) is 0 Å². The predicted octanol–water partition coefficient (Wildman–Crippen LogP) is 3.42. The molecular weight excluding hydrogens is 380 g/mol. The molecule has 1 aromatic heterocycles. The number of rotatable bonds is 3. The molecule has 1 aliphatic heterocycles. The zero-order valence-electron chi connectivity index (χ0n) is 18.3. The summed E-state index contributed by atoms with van der Waals surface area (Å²) < 4.78 is 7.48. The molecule has 8 nitrogen and oxygen atoms in total. The average Bonchev–Trinajstić information content (AvgIpc) is 3.18. The fraction of sp³-hybridized carbons (Fsp3) is 0.636. The highest BCUT2D eigenvalue weighted by atomic mass is 16.6. The van der Waals surface area contributed by atoms with Gasteiger partial charge in [0.05, 0.1) is 12.2 Å². The molecule has 0 N–H and O–H groups in total. The Hall–Kier alpha value is -2.48. The zero-order chi connectivity index (χ0) is 21.2. The quantitative estimate of drug-likeness (QED) is 0.769. The largest absolute Gasteiger partial charge is 0.444 e. The SMILES string of the molecule is CC(C)(C)OC(=O)N1CCN(Cc2nnnn2-c2ccccc2)C2(CCCCC2)C1. The molecular formula is C22H32N6O2. The molecule has 4 rings (SSSR count). The first-order valence-electron chi connectivity index (χ1n) is 10.9. The van der Waals surface area contributed by atoms with E-state index in [1.54, 1.807) is 0 Å². The highest BCUT2D eigenvalue weighted by Crippen LogP contribution is 2.37. The van der Waals surface area contributed by atoms with Gasteiger partial charge >= 0.3 is 6.09 Å². The van der Waals surface area contributed by atoms with Crippen molar-refractivity contribution in [1.82, 2.24) is 30.0 Å². The first-order valence-corrected chi connectivity index (χ1v) is 10.9. The van der Waals surface area contributed by atoms with Gasteiger partial charge in [0.1, 0.15) is 5.60 Å². The summed E-state index contributed by atoms with van der Waals surface area (Å²) in [6, 6.07) is 9.99. The molecule has 0 bridgehead atoms. The van der Waals surface area contributed by atoms with Crippen molar-refractivity contribution < 1.29 is 9.53 Å². The van der Waals surface area contributed by atoms with E-state index in [2.05, 4.69) is 20.4 Å². The lowest BCUT2D eigenvalue weighted by molar-refractivity contribution is -0.0455. The second kappa shape index (κ2) is 8.34. The van der Waals surface area contributed by atoms with Crippen LogP contribution in [-0.4, -0.2) is 66.9 Å². The van der Waals surface area contributed by atoms with Gasteiger partial charge in [-0.1, -0.05) is 37.5 Å². The van der Waals surface area contributed by atoms with Crippen molar-refractivity contribution in [3.05, 3.63) is 36.2 Å². The Bertz CT molecular complexity index is 854. The van der Waals surface area contributed by atoms with Crippen molar-refractivity contribution in [1.29, 1.82) is 0 Å². The molecule has 1 aliphatic carbocycles. The average molecular weight is 413 g/mol. The lowest BCUT2D eigenvalue weighted by Crippen LogP contribution is -2.64. The van der Waals surface area contributed by atoms with Crippen molar-refractivity contribution in [3.63, 3.8) is 0 Å². The Kier molecular flexibility index (Phi) is 5.77. The maximum absolute atomic E-state index is 12.8. The molecule has 2 aliphatic rings. The molecule has 162 valence electrons. The summed E-state index contributed by atoms with van der Waals surface area (Å²) >= 11 is 0. The van der Waals surface area contributed by atoms with Gasteiger partial charge in [-0.05, 0) is 56.2 Å². The van der Waals surface area contributed by atoms with Crippen LogP contribution < -0.4 is 0 Å². The van der Waals surface area contributed by atoms with Crippen LogP contribution in [0.1, 0.15) is 58.7 Å². The number of amides is 1. The van der Waals surface area contributed by atoms with Crippen molar-refractivity contribution in [2.24, 2.45) is 0 Å². The van der Waals surface area contributed by atoms with Gasteiger partial charge in [0.15, 0.2) is 5.82 Å². The normalized spacial score (nSPS) is 19.8. The summed E-state index contributed by atoms with van der Waals surface area (Å²) in [5, 5.41) is 12.5. The van der Waals surface area contributed by atoms with Crippen LogP contribution in [0.25, 0.3) is 5.69 Å². The Morgan fingerprint density at radius 1 is 1.10 bits per heavy atom. The van der Waals surface area contributed by atoms with Gasteiger partial charge < -0.3 is 9.64 Å². The molecule has 2 aromatic rings. The number of aromatic nitrogens is 4. The van der Waals surface area contributed by atoms with Crippen molar-refractivity contribution >= 4 is 6.09 Å². The number of nitrogens with zero attached hydrogens (tertiary/aromatic N) is 6. The number of para-hydroxylation sites is 1. The number of hydrogen-bond acceptors (Lipinski definition) is 6. The number of carbonyl (C=O) groups excluding carboxylic acids is 1. The second-order valence-electron chi connectivity index (χ2n) is 9.45. The molecule has 2 fully saturated rings. The predicted molar refractivity (Wildman–Crippen MR) is 113 cm³/mol. The van der Waals surface area contributed by atoms with Crippen LogP contribution in [0.3, 0.4) is 0 Å². The third-order valence-corrected chi connectivity index (χ3v) is 6.10. The molecule has 0 atom stereocenters. The maximum atomic E-state index is 12.8. The van der Waals surface area contributed by atoms with E-state index in [-0.39, 0.29) is 11.6 Å². The van der Waals surface area contributed by atoms with Gasteiger partial charge in [-0.3, -0.25) is 4.90 Å². The lowest BCUT2D eigenvalue weighted by atomic mass is 9.78. The van der Waals surface area contributed by atoms with Crippen molar-refractivity contribution in [2.75, 3.05) is 19.6 Å². The Morgan fingerprint density at radius 3 is 2.53 bits per heavy atom. The van der Waals surface area contributed by atoms with Gasteiger partial charge in [-0.15, -0.1) is 5.10 Å². The topological polar surface area (TPSA) is 76.4 Å². The van der Waals surface area contributed by atoms with Crippen LogP contribution >= 0.6 is 0 Å². The number of piperazine rings is 1. The molecule has 8 heteroatoms. The zero-order valence-corrected chi connectivity index (χ0v) is 18.3. The van der Waals surface area contributed by atoms with Crippen LogP contribution in [0.2, 0.25) is 0 Å². The number of benzene rings is 1. The molecule has 2 heterocycles. The van der Waals surface area contributed by atoms with Gasteiger partial charge in [0.2, 0.25) is 0 Å². The highest BCUT2D eigenvalue weighted by molar-refractivity contribution is 5.68. The van der Waals surface area contributed by atoms with Crippen LogP contribution in [0.5, 0.6) is 0 Å². The number of tetrazole rings is 1. The second-order valence-corrected chi connectivity index (χ2v) is 9.45. The summed E-state index contributed by atoms with van der Waals surface area (Å²) in [6.45, 7) is 8.58. The highest BCUT2D eigenvalue weighted by Gasteiger charge is 2.44. The summed E-state index contributed by atoms with van der Waals surface area (Å²) in [6.07, 6.45) is 5.58. The molecule has 1 aromatic carbocycles. The van der Waals surface area contributed by atoms with Gasteiger partial charge in [-0.25, -0.2) is 4.79 Å². The first kappa shape index (κ1) is 20.8. The van der Waals surface area contributed by atoms with E-state index in [1.807, 2.05) is 60.7 Å². The number of hydrogen-bond donors (Lipinski definition) is 0. The van der Waals surface area contributed by atoms with E-state index in [0.717, 1.165) is 30.9 Å². The summed E-state index contributed by atoms with van der Waals surface area (Å²) in [5.74, 6) is 0.830. The standard InChI is InChI=1S/C22H32N6O2/c1-21(2,3)30-20(29)26-14-15-27(22(17-26)12-8-5-9-13-22)16-19-23-24-25-28(19)18-10-6-4-7-11-18/h4,6-7,10-11H,5,8-9,12-17H2,1-3H3. The van der Waals surface area contributed by atoms with Crippen molar-refractivity contribution in [3.8, 4) is 5.69 Å². The minimum atomic E-state index is -0.480. The minimum Gasteiger partial charge on any atom is -0.444 e. The van der Waals surface area contributed by atoms with Crippen LogP contribution in [-0.2, 0) is 11.3 Å². The Morgan fingerprint density at radius 2 is 1.83 bits per heavy atom. The van der Waals surface area contributed by atoms with Gasteiger partial charge in [-0.2, -0.15) is 4.68 Å². The van der Waals surface area contributed by atoms with Crippen LogP contribution in [0, 0.1) is 0 Å². The third-order valence-electron chi connectivity index (χ3n) is 6.10. The summed E-state index contributed by atoms with van der Waals surface area (Å²) in [4.78, 5) is 17.1. The third kappa shape index (κ3) is 4.48. The molecule has 1 spiro atoms. The molecule has 1 amide bonds. The smallest absolute Gasteiger partial charge is 0.410 e. The fourth-order valence-electron chi connectivity index (χ4n) is 4.67. The van der Waals surface area contributed by atoms with Gasteiger partial charge in [0, 0.05) is 25.2 Å². The Labute approximate surface area is 178 Å². The molecule has 0 radical (unpaired) electrons. The molecule has 1 saturated carbocycles. The monoisotopic (exact) mass is 412 g/mol. The molecule has 1 saturated heterocycles. The van der Waals surface area contributed by atoms with Crippen molar-refractivity contribution in [2.45, 2.75) is 70.6 Å². The maximum Gasteiger partial charge on any atom is 0.410 e. The van der Waals surface area contributed by atoms with Crippen LogP contribution in [0.4, 0.5) is 4.79 Å². The molecule has 0 unspecified atom stereocenters. The van der Waals surface area contributed by atoms with E-state index in [1.165, 1.54) is 19.3 Å². The first-order chi connectivity index (χ1) is 14.4. The van der Waals surface area contributed by atoms with E-state index in [9.17, 15) is 4.79 Å². The van der Waals surface area contributed by atoms with E-state index in [4.69, 9.17) is 4.74 Å². The van der Waals surface area contributed by atoms with E-state index in [0.29, 0.717) is 19.6 Å². The van der Waals surface area contributed by atoms with E-state index < -0.39 is 5.60 Å². The summed E-state index contributed by atoms with van der Waals surface area (Å²) in [5.41, 5.74) is 0.439. The Balaban J connectivity index is 1.54. The van der Waals surface area contributed by atoms with E-state index >= 15 is 0 Å². The number of ether oxygens (including phenoxy) is 1. The summed E-state index contributed by atoms with van der Waals surface area (Å²) in [7, 11) is 0. The minimum absolute atomic E-state index is 0.0408. The lowest BCUT2D eigenvalue weighted by Gasteiger charge is -2.52.